The van der Waals surface area contributed by atoms with E-state index in [1.807, 2.05) is 0 Å². The first kappa shape index (κ1) is 15.3. The second kappa shape index (κ2) is 7.54. The molecule has 0 aromatic carbocycles. The van der Waals surface area contributed by atoms with Gasteiger partial charge in [-0.25, -0.2) is 9.59 Å². The molecule has 0 aromatic rings. The number of nitrogens with two attached hydrogens (primary N) is 1. The summed E-state index contributed by atoms with van der Waals surface area (Å²) < 4.78 is 9.33. The number of isocyanates is 1. The van der Waals surface area contributed by atoms with Gasteiger partial charge in [0.05, 0.1) is 13.2 Å². The van der Waals surface area contributed by atoms with Gasteiger partial charge in [0.1, 0.15) is 0 Å². The highest BCUT2D eigenvalue weighted by Gasteiger charge is 2.36. The Balaban J connectivity index is 4.56. The van der Waals surface area contributed by atoms with Crippen molar-refractivity contribution in [1.29, 1.82) is 0 Å². The molecule has 0 aromatic heterocycles. The number of rotatable bonds is 7. The number of hydrogen-bond acceptors (Lipinski definition) is 7. The standard InChI is InChI=1S/C10H16N2O5/c1-3-16-8(14)5-6-10(11,12-7-13)9(15)17-4-2/h3-6,11H2,1-2H3/t10-/m1/s1. The minimum atomic E-state index is -1.87. The molecule has 0 unspecified atom stereocenters. The van der Waals surface area contributed by atoms with E-state index < -0.39 is 17.6 Å². The van der Waals surface area contributed by atoms with Gasteiger partial charge in [0, 0.05) is 12.8 Å². The highest BCUT2D eigenvalue weighted by Crippen LogP contribution is 2.14. The van der Waals surface area contributed by atoms with Crippen LogP contribution in [0.5, 0.6) is 0 Å². The predicted octanol–water partition coefficient (Wildman–Crippen LogP) is -0.116. The van der Waals surface area contributed by atoms with Crippen molar-refractivity contribution in [1.82, 2.24) is 0 Å². The summed E-state index contributed by atoms with van der Waals surface area (Å²) in [4.78, 5) is 36.0. The van der Waals surface area contributed by atoms with Gasteiger partial charge >= 0.3 is 11.9 Å². The van der Waals surface area contributed by atoms with Gasteiger partial charge in [0.25, 0.3) is 0 Å². The van der Waals surface area contributed by atoms with Gasteiger partial charge < -0.3 is 9.47 Å². The molecule has 0 bridgehead atoms. The van der Waals surface area contributed by atoms with Crippen LogP contribution >= 0.6 is 0 Å². The number of esters is 2. The molecule has 0 spiro atoms. The van der Waals surface area contributed by atoms with Crippen LogP contribution in [0.3, 0.4) is 0 Å². The average molecular weight is 244 g/mol. The van der Waals surface area contributed by atoms with Crippen molar-refractivity contribution in [3.8, 4) is 0 Å². The van der Waals surface area contributed by atoms with Crippen LogP contribution in [0.1, 0.15) is 26.7 Å². The SMILES string of the molecule is CCOC(=O)CC[C@@](N)(N=C=O)C(=O)OCC. The first-order chi connectivity index (χ1) is 8.00. The maximum atomic E-state index is 11.5. The number of carbonyl (C=O) groups is 2. The predicted molar refractivity (Wildman–Crippen MR) is 57.5 cm³/mol. The van der Waals surface area contributed by atoms with E-state index in [2.05, 4.69) is 14.5 Å². The molecular formula is C10H16N2O5. The first-order valence-electron chi connectivity index (χ1n) is 5.21. The van der Waals surface area contributed by atoms with Crippen LogP contribution in [0.25, 0.3) is 0 Å². The Morgan fingerprint density at radius 3 is 2.35 bits per heavy atom. The van der Waals surface area contributed by atoms with Crippen LogP contribution in [0.15, 0.2) is 4.99 Å². The maximum Gasteiger partial charge on any atom is 0.349 e. The zero-order chi connectivity index (χ0) is 13.3. The van der Waals surface area contributed by atoms with E-state index in [0.29, 0.717) is 0 Å². The Morgan fingerprint density at radius 2 is 1.88 bits per heavy atom. The van der Waals surface area contributed by atoms with Gasteiger partial charge in [0.2, 0.25) is 11.7 Å². The molecule has 0 saturated carbocycles. The van der Waals surface area contributed by atoms with Gasteiger partial charge in [-0.2, -0.15) is 4.99 Å². The summed E-state index contributed by atoms with van der Waals surface area (Å²) in [5.74, 6) is -1.39. The maximum absolute atomic E-state index is 11.5. The molecule has 96 valence electrons. The Labute approximate surface area is 99.0 Å². The number of aliphatic imine (C=N–C) groups is 1. The quantitative estimate of drug-likeness (QED) is 0.380. The van der Waals surface area contributed by atoms with E-state index >= 15 is 0 Å². The summed E-state index contributed by atoms with van der Waals surface area (Å²) in [6.45, 7) is 3.58. The van der Waals surface area contributed by atoms with E-state index in [-0.39, 0.29) is 26.1 Å². The summed E-state index contributed by atoms with van der Waals surface area (Å²) in [5, 5.41) is 0. The first-order valence-corrected chi connectivity index (χ1v) is 5.21. The minimum absolute atomic E-state index is 0.103. The van der Waals surface area contributed by atoms with E-state index in [0.717, 1.165) is 0 Å². The lowest BCUT2D eigenvalue weighted by atomic mass is 10.1. The normalized spacial score (nSPS) is 13.1. The molecule has 0 saturated heterocycles. The smallest absolute Gasteiger partial charge is 0.349 e. The van der Waals surface area contributed by atoms with Crippen LogP contribution in [0.4, 0.5) is 0 Å². The Morgan fingerprint density at radius 1 is 1.29 bits per heavy atom. The third-order valence-corrected chi connectivity index (χ3v) is 1.89. The van der Waals surface area contributed by atoms with Gasteiger partial charge in [-0.15, -0.1) is 0 Å². The largest absolute Gasteiger partial charge is 0.466 e. The lowest BCUT2D eigenvalue weighted by Gasteiger charge is -2.20. The van der Waals surface area contributed by atoms with Crippen molar-refractivity contribution in [3.05, 3.63) is 0 Å². The van der Waals surface area contributed by atoms with Crippen molar-refractivity contribution in [3.63, 3.8) is 0 Å². The molecule has 0 aliphatic heterocycles. The average Bonchev–Trinajstić information content (AvgIpc) is 2.27. The number of nitrogens with zero attached hydrogens (tertiary/aromatic N) is 1. The van der Waals surface area contributed by atoms with Gasteiger partial charge in [-0.3, -0.25) is 10.5 Å². The van der Waals surface area contributed by atoms with E-state index in [4.69, 9.17) is 5.73 Å². The molecule has 7 nitrogen and oxygen atoms in total. The zero-order valence-corrected chi connectivity index (χ0v) is 9.89. The Hall–Kier alpha value is -1.72. The van der Waals surface area contributed by atoms with E-state index in [9.17, 15) is 14.4 Å². The molecule has 2 N–H and O–H groups in total. The molecule has 7 heteroatoms. The van der Waals surface area contributed by atoms with Crippen LogP contribution < -0.4 is 5.73 Å². The van der Waals surface area contributed by atoms with Crippen LogP contribution in [0, 0.1) is 0 Å². The molecule has 0 radical (unpaired) electrons. The fourth-order valence-corrected chi connectivity index (χ4v) is 1.07. The third kappa shape index (κ3) is 5.24. The molecule has 0 amide bonds. The van der Waals surface area contributed by atoms with Crippen molar-refractivity contribution in [2.45, 2.75) is 32.4 Å². The summed E-state index contributed by atoms with van der Waals surface area (Å²) in [5.41, 5.74) is 3.70. The van der Waals surface area contributed by atoms with Gasteiger partial charge in [0.15, 0.2) is 0 Å². The van der Waals surface area contributed by atoms with E-state index in [1.54, 1.807) is 13.8 Å². The molecule has 0 aliphatic rings. The fraction of sp³-hybridized carbons (Fsp3) is 0.700. The van der Waals surface area contributed by atoms with Crippen LogP contribution in [0.2, 0.25) is 0 Å². The van der Waals surface area contributed by atoms with Gasteiger partial charge in [-0.05, 0) is 13.8 Å². The third-order valence-electron chi connectivity index (χ3n) is 1.89. The number of carbonyl (C=O) groups excluding carboxylic acids is 3. The monoisotopic (exact) mass is 244 g/mol. The van der Waals surface area contributed by atoms with Gasteiger partial charge in [-0.1, -0.05) is 0 Å². The molecule has 0 fully saturated rings. The number of hydrogen-bond donors (Lipinski definition) is 1. The van der Waals surface area contributed by atoms with Crippen molar-refractivity contribution in [2.24, 2.45) is 10.7 Å². The summed E-state index contributed by atoms with van der Waals surface area (Å²) in [6.07, 6.45) is 0.903. The highest BCUT2D eigenvalue weighted by atomic mass is 16.5. The van der Waals surface area contributed by atoms with Crippen LogP contribution in [-0.2, 0) is 23.9 Å². The van der Waals surface area contributed by atoms with Crippen molar-refractivity contribution >= 4 is 18.0 Å². The molecule has 17 heavy (non-hydrogen) atoms. The lowest BCUT2D eigenvalue weighted by Crippen LogP contribution is -2.47. The Kier molecular flexibility index (Phi) is 6.77. The van der Waals surface area contributed by atoms with Crippen molar-refractivity contribution in [2.75, 3.05) is 13.2 Å². The topological polar surface area (TPSA) is 108 Å². The molecular weight excluding hydrogens is 228 g/mol. The molecule has 1 atom stereocenters. The lowest BCUT2D eigenvalue weighted by molar-refractivity contribution is -0.150. The zero-order valence-electron chi connectivity index (χ0n) is 9.89. The minimum Gasteiger partial charge on any atom is -0.466 e. The summed E-state index contributed by atoms with van der Waals surface area (Å²) in [6, 6.07) is 0. The fourth-order valence-electron chi connectivity index (χ4n) is 1.07. The van der Waals surface area contributed by atoms with Crippen LogP contribution in [-0.4, -0.2) is 36.9 Å². The molecule has 0 rings (SSSR count). The number of ether oxygens (including phenoxy) is 2. The molecule has 0 aliphatic carbocycles. The summed E-state index contributed by atoms with van der Waals surface area (Å²) >= 11 is 0. The highest BCUT2D eigenvalue weighted by molar-refractivity contribution is 5.82. The van der Waals surface area contributed by atoms with E-state index in [1.165, 1.54) is 6.08 Å². The second-order valence-electron chi connectivity index (χ2n) is 3.15. The molecule has 0 heterocycles. The Bertz CT molecular complexity index is 325. The second-order valence-corrected chi connectivity index (χ2v) is 3.15. The van der Waals surface area contributed by atoms with Crippen molar-refractivity contribution < 1.29 is 23.9 Å². The summed E-state index contributed by atoms with van der Waals surface area (Å²) in [7, 11) is 0.